The van der Waals surface area contributed by atoms with E-state index in [-0.39, 0.29) is 28.5 Å². The summed E-state index contributed by atoms with van der Waals surface area (Å²) in [7, 11) is 0. The molecule has 0 heterocycles. The molecule has 1 amide bonds. The van der Waals surface area contributed by atoms with Gasteiger partial charge in [-0.1, -0.05) is 13.3 Å². The van der Waals surface area contributed by atoms with Gasteiger partial charge in [-0.15, -0.1) is 0 Å². The Morgan fingerprint density at radius 2 is 1.84 bits per heavy atom. The van der Waals surface area contributed by atoms with Crippen molar-refractivity contribution in [3.63, 3.8) is 0 Å². The molecule has 0 radical (unpaired) electrons. The molecule has 0 bridgehead atoms. The molecule has 37 heavy (non-hydrogen) atoms. The third kappa shape index (κ3) is 4.13. The van der Waals surface area contributed by atoms with Gasteiger partial charge in [-0.2, -0.15) is 5.26 Å². The number of nitrogens with zero attached hydrogens (tertiary/aromatic N) is 1. The van der Waals surface area contributed by atoms with Crippen LogP contribution in [0.25, 0.3) is 0 Å². The van der Waals surface area contributed by atoms with Gasteiger partial charge >= 0.3 is 0 Å². The molecule has 0 saturated heterocycles. The number of nitriles is 1. The van der Waals surface area contributed by atoms with Crippen LogP contribution in [-0.2, 0) is 4.74 Å². The molecule has 5 aliphatic rings. The zero-order valence-electron chi connectivity index (χ0n) is 22.7. The van der Waals surface area contributed by atoms with E-state index in [1.54, 1.807) is 0 Å². The summed E-state index contributed by atoms with van der Waals surface area (Å²) in [6.45, 7) is 7.64. The molecule has 5 fully saturated rings. The quantitative estimate of drug-likeness (QED) is 0.481. The number of hydrogen-bond donors (Lipinski definition) is 1. The largest absolute Gasteiger partial charge is 0.378 e. The Morgan fingerprint density at radius 3 is 2.59 bits per heavy atom. The van der Waals surface area contributed by atoms with Crippen molar-refractivity contribution >= 4 is 5.91 Å². The minimum atomic E-state index is -0.620. The van der Waals surface area contributed by atoms with Crippen LogP contribution in [-0.4, -0.2) is 24.7 Å². The summed E-state index contributed by atoms with van der Waals surface area (Å²) in [4.78, 5) is 13.0. The zero-order chi connectivity index (χ0) is 25.9. The van der Waals surface area contributed by atoms with Crippen LogP contribution in [0.15, 0.2) is 18.2 Å². The SMILES string of the molecule is CCOC1C2C3CC[C@@H]4C(CC[C@@]5(C)C4CCC[C@@H]5[C@H](C)NC(=O)c4ccc(C#N)cc4F)[C@H]3CC[C@H]12. The highest BCUT2D eigenvalue weighted by atomic mass is 19.1. The summed E-state index contributed by atoms with van der Waals surface area (Å²) < 4.78 is 20.7. The lowest BCUT2D eigenvalue weighted by Gasteiger charge is -2.61. The first-order valence-electron chi connectivity index (χ1n) is 15.0. The molecule has 5 heteroatoms. The highest BCUT2D eigenvalue weighted by Gasteiger charge is 2.63. The Balaban J connectivity index is 1.16. The molecular weight excluding hydrogens is 463 g/mol. The van der Waals surface area contributed by atoms with Crippen molar-refractivity contribution in [3.05, 3.63) is 35.1 Å². The molecule has 0 spiro atoms. The molecule has 0 aromatic heterocycles. The van der Waals surface area contributed by atoms with Gasteiger partial charge in [0, 0.05) is 12.6 Å². The monoisotopic (exact) mass is 506 g/mol. The molecule has 1 N–H and O–H groups in total. The molecule has 4 nitrogen and oxygen atoms in total. The number of hydrogen-bond acceptors (Lipinski definition) is 3. The number of carbonyl (C=O) groups excluding carboxylic acids is 1. The van der Waals surface area contributed by atoms with E-state index in [1.165, 1.54) is 63.5 Å². The molecule has 200 valence electrons. The maximum Gasteiger partial charge on any atom is 0.254 e. The van der Waals surface area contributed by atoms with Crippen LogP contribution in [0.1, 0.15) is 94.5 Å². The number of carbonyl (C=O) groups is 1. The Hall–Kier alpha value is -1.93. The third-order valence-corrected chi connectivity index (χ3v) is 11.9. The summed E-state index contributed by atoms with van der Waals surface area (Å²) in [5.41, 5.74) is 0.499. The average molecular weight is 507 g/mol. The van der Waals surface area contributed by atoms with Crippen molar-refractivity contribution in [2.45, 2.75) is 90.7 Å². The van der Waals surface area contributed by atoms with E-state index in [0.29, 0.717) is 12.0 Å². The van der Waals surface area contributed by atoms with Crippen LogP contribution in [0, 0.1) is 69.9 Å². The van der Waals surface area contributed by atoms with Gasteiger partial charge in [-0.05, 0) is 136 Å². The Bertz CT molecular complexity index is 1080. The minimum Gasteiger partial charge on any atom is -0.378 e. The van der Waals surface area contributed by atoms with E-state index < -0.39 is 5.82 Å². The number of nitrogens with one attached hydrogen (secondary N) is 1. The van der Waals surface area contributed by atoms with E-state index >= 15 is 0 Å². The van der Waals surface area contributed by atoms with E-state index in [2.05, 4.69) is 26.1 Å². The zero-order valence-corrected chi connectivity index (χ0v) is 22.7. The lowest BCUT2D eigenvalue weighted by Crippen LogP contribution is -2.56. The molecule has 6 rings (SSSR count). The van der Waals surface area contributed by atoms with Gasteiger partial charge in [0.2, 0.25) is 0 Å². The average Bonchev–Trinajstić information content (AvgIpc) is 3.60. The predicted octanol–water partition coefficient (Wildman–Crippen LogP) is 6.74. The second-order valence-electron chi connectivity index (χ2n) is 13.2. The molecule has 5 aliphatic carbocycles. The van der Waals surface area contributed by atoms with Gasteiger partial charge in [-0.25, -0.2) is 4.39 Å². The van der Waals surface area contributed by atoms with Crippen LogP contribution in [0.2, 0.25) is 0 Å². The van der Waals surface area contributed by atoms with Crippen molar-refractivity contribution < 1.29 is 13.9 Å². The molecule has 11 atom stereocenters. The van der Waals surface area contributed by atoms with E-state index in [1.807, 2.05) is 6.07 Å². The fraction of sp³-hybridized carbons (Fsp3) is 0.750. The van der Waals surface area contributed by atoms with Crippen LogP contribution >= 0.6 is 0 Å². The van der Waals surface area contributed by atoms with Crippen molar-refractivity contribution in [3.8, 4) is 6.07 Å². The first-order valence-corrected chi connectivity index (χ1v) is 15.0. The minimum absolute atomic E-state index is 0.00270. The first-order chi connectivity index (χ1) is 17.9. The summed E-state index contributed by atoms with van der Waals surface area (Å²) in [6.07, 6.45) is 12.4. The number of amides is 1. The van der Waals surface area contributed by atoms with E-state index in [4.69, 9.17) is 10.00 Å². The number of rotatable bonds is 5. The number of fused-ring (bicyclic) bond motifs is 7. The smallest absolute Gasteiger partial charge is 0.254 e. The highest BCUT2D eigenvalue weighted by molar-refractivity contribution is 5.94. The third-order valence-electron chi connectivity index (χ3n) is 11.9. The fourth-order valence-electron chi connectivity index (χ4n) is 10.4. The van der Waals surface area contributed by atoms with Gasteiger partial charge < -0.3 is 10.1 Å². The Morgan fingerprint density at radius 1 is 1.11 bits per heavy atom. The van der Waals surface area contributed by atoms with Gasteiger partial charge in [0.1, 0.15) is 5.82 Å². The molecule has 1 aromatic carbocycles. The second-order valence-corrected chi connectivity index (χ2v) is 13.2. The van der Waals surface area contributed by atoms with Crippen LogP contribution < -0.4 is 5.32 Å². The normalized spacial score (nSPS) is 42.7. The molecule has 0 aliphatic heterocycles. The van der Waals surface area contributed by atoms with Crippen LogP contribution in [0.4, 0.5) is 4.39 Å². The van der Waals surface area contributed by atoms with Crippen LogP contribution in [0.3, 0.4) is 0 Å². The van der Waals surface area contributed by atoms with Crippen molar-refractivity contribution in [1.29, 1.82) is 5.26 Å². The van der Waals surface area contributed by atoms with Gasteiger partial charge in [0.25, 0.3) is 5.91 Å². The second kappa shape index (κ2) is 9.67. The van der Waals surface area contributed by atoms with E-state index in [9.17, 15) is 9.18 Å². The lowest BCUT2D eigenvalue weighted by atomic mass is 9.44. The first kappa shape index (κ1) is 25.4. The van der Waals surface area contributed by atoms with E-state index in [0.717, 1.165) is 60.5 Å². The molecule has 1 aromatic rings. The lowest BCUT2D eigenvalue weighted by molar-refractivity contribution is -0.114. The maximum absolute atomic E-state index is 14.5. The molecular formula is C32H43FN2O2. The summed E-state index contributed by atoms with van der Waals surface area (Å²) in [5, 5.41) is 12.2. The fourth-order valence-corrected chi connectivity index (χ4v) is 10.4. The van der Waals surface area contributed by atoms with Gasteiger partial charge in [0.15, 0.2) is 0 Å². The van der Waals surface area contributed by atoms with Crippen molar-refractivity contribution in [2.75, 3.05) is 6.61 Å². The Kier molecular flexibility index (Phi) is 6.63. The standard InChI is InChI=1S/C32H43FN2O2/c1-4-37-30-25-13-10-20-21-14-15-32(3)26(6-5-7-27(32)22(21)11-12-23(20)29(25)30)18(2)35-31(36)24-9-8-19(17-34)16-28(24)33/h8-9,16,18,20-23,25-27,29-30H,4-7,10-15H2,1-3H3,(H,35,36)/t18-,20+,21?,22+,23?,25-,26+,27?,29?,30?,32+/m0/s1. The topological polar surface area (TPSA) is 62.1 Å². The molecule has 5 unspecified atom stereocenters. The Labute approximate surface area is 221 Å². The van der Waals surface area contributed by atoms with Crippen molar-refractivity contribution in [1.82, 2.24) is 5.32 Å². The summed E-state index contributed by atoms with van der Waals surface area (Å²) in [6, 6.07) is 6.05. The summed E-state index contributed by atoms with van der Waals surface area (Å²) >= 11 is 0. The van der Waals surface area contributed by atoms with Crippen molar-refractivity contribution in [2.24, 2.45) is 52.8 Å². The van der Waals surface area contributed by atoms with Gasteiger partial charge in [-0.3, -0.25) is 4.79 Å². The maximum atomic E-state index is 14.5. The predicted molar refractivity (Wildman–Crippen MR) is 141 cm³/mol. The van der Waals surface area contributed by atoms with Crippen LogP contribution in [0.5, 0.6) is 0 Å². The number of benzene rings is 1. The number of ether oxygens (including phenoxy) is 1. The number of halogens is 1. The van der Waals surface area contributed by atoms with Gasteiger partial charge in [0.05, 0.1) is 23.3 Å². The highest BCUT2D eigenvalue weighted by Crippen LogP contribution is 2.67. The summed E-state index contributed by atoms with van der Waals surface area (Å²) in [5.74, 6) is 5.33. The molecule has 5 saturated carbocycles.